The summed E-state index contributed by atoms with van der Waals surface area (Å²) in [5.41, 5.74) is 0.981. The van der Waals surface area contributed by atoms with Crippen LogP contribution in [0.25, 0.3) is 10.8 Å². The zero-order valence-electron chi connectivity index (χ0n) is 11.2. The lowest BCUT2D eigenvalue weighted by Crippen LogP contribution is -2.16. The molecular formula is C16H18O3. The zero-order valence-corrected chi connectivity index (χ0v) is 11.2. The molecular weight excluding hydrogens is 240 g/mol. The Morgan fingerprint density at radius 3 is 2.63 bits per heavy atom. The molecule has 3 nitrogen and oxygen atoms in total. The van der Waals surface area contributed by atoms with Gasteiger partial charge in [-0.3, -0.25) is 4.79 Å². The van der Waals surface area contributed by atoms with Crippen molar-refractivity contribution in [2.45, 2.75) is 19.8 Å². The Labute approximate surface area is 112 Å². The molecule has 0 aliphatic rings. The van der Waals surface area contributed by atoms with Crippen molar-refractivity contribution in [3.05, 3.63) is 42.0 Å². The molecule has 19 heavy (non-hydrogen) atoms. The maximum absolute atomic E-state index is 11.2. The number of methoxy groups -OCH3 is 1. The van der Waals surface area contributed by atoms with E-state index in [1.165, 1.54) is 0 Å². The minimum absolute atomic E-state index is 0.375. The first-order chi connectivity index (χ1) is 9.17. The predicted molar refractivity (Wildman–Crippen MR) is 75.6 cm³/mol. The Bertz CT molecular complexity index is 590. The molecule has 0 amide bonds. The summed E-state index contributed by atoms with van der Waals surface area (Å²) in [5.74, 6) is -0.365. The van der Waals surface area contributed by atoms with Crippen LogP contribution in [-0.2, 0) is 11.2 Å². The number of ether oxygens (including phenoxy) is 1. The number of hydrogen-bond acceptors (Lipinski definition) is 2. The average molecular weight is 258 g/mol. The fraction of sp³-hybridized carbons (Fsp3) is 0.312. The molecule has 0 fully saturated rings. The second-order valence-electron chi connectivity index (χ2n) is 4.62. The van der Waals surface area contributed by atoms with Crippen molar-refractivity contribution in [3.63, 3.8) is 0 Å². The maximum atomic E-state index is 11.2. The standard InChI is InChI=1S/C16H18O3/c1-3-11(16(17)18)10-14-13-7-5-4-6-12(13)8-9-15(14)19-2/h4-9,11H,3,10H2,1-2H3,(H,17,18)/t11-/m1/s1. The largest absolute Gasteiger partial charge is 0.496 e. The number of carboxylic acid groups (broad SMARTS) is 1. The molecule has 2 aromatic rings. The summed E-state index contributed by atoms with van der Waals surface area (Å²) in [7, 11) is 1.62. The van der Waals surface area contributed by atoms with Crippen molar-refractivity contribution in [2.75, 3.05) is 7.11 Å². The second-order valence-corrected chi connectivity index (χ2v) is 4.62. The van der Waals surface area contributed by atoms with Gasteiger partial charge in [-0.1, -0.05) is 37.3 Å². The Kier molecular flexibility index (Phi) is 4.05. The van der Waals surface area contributed by atoms with Crippen LogP contribution in [0.3, 0.4) is 0 Å². The quantitative estimate of drug-likeness (QED) is 0.892. The van der Waals surface area contributed by atoms with Gasteiger partial charge in [-0.25, -0.2) is 0 Å². The lowest BCUT2D eigenvalue weighted by Gasteiger charge is -2.15. The van der Waals surface area contributed by atoms with Crippen LogP contribution >= 0.6 is 0 Å². The molecule has 0 saturated heterocycles. The monoisotopic (exact) mass is 258 g/mol. The molecule has 0 radical (unpaired) electrons. The van der Waals surface area contributed by atoms with E-state index < -0.39 is 5.97 Å². The highest BCUT2D eigenvalue weighted by Gasteiger charge is 2.19. The third-order valence-electron chi connectivity index (χ3n) is 3.51. The van der Waals surface area contributed by atoms with E-state index in [2.05, 4.69) is 0 Å². The van der Waals surface area contributed by atoms with E-state index in [1.54, 1.807) is 7.11 Å². The zero-order chi connectivity index (χ0) is 13.8. The highest BCUT2D eigenvalue weighted by Crippen LogP contribution is 2.30. The van der Waals surface area contributed by atoms with Gasteiger partial charge in [0.15, 0.2) is 0 Å². The number of carbonyl (C=O) groups is 1. The van der Waals surface area contributed by atoms with Crippen LogP contribution in [0.1, 0.15) is 18.9 Å². The van der Waals surface area contributed by atoms with E-state index in [0.717, 1.165) is 22.1 Å². The molecule has 3 heteroatoms. The SMILES string of the molecule is CC[C@H](Cc1c(OC)ccc2ccccc12)C(=O)O. The smallest absolute Gasteiger partial charge is 0.306 e. The van der Waals surface area contributed by atoms with Crippen molar-refractivity contribution in [2.24, 2.45) is 5.92 Å². The summed E-state index contributed by atoms with van der Waals surface area (Å²) in [5, 5.41) is 11.4. The number of benzene rings is 2. The van der Waals surface area contributed by atoms with Gasteiger partial charge in [-0.15, -0.1) is 0 Å². The third kappa shape index (κ3) is 2.70. The van der Waals surface area contributed by atoms with E-state index in [9.17, 15) is 9.90 Å². The molecule has 1 N–H and O–H groups in total. The molecule has 0 aliphatic heterocycles. The van der Waals surface area contributed by atoms with Gasteiger partial charge < -0.3 is 9.84 Å². The molecule has 0 unspecified atom stereocenters. The molecule has 0 aromatic heterocycles. The minimum atomic E-state index is -0.752. The summed E-state index contributed by atoms with van der Waals surface area (Å²) in [6.07, 6.45) is 1.11. The molecule has 1 atom stereocenters. The summed E-state index contributed by atoms with van der Waals surface area (Å²) in [4.78, 5) is 11.2. The molecule has 2 aromatic carbocycles. The Balaban J connectivity index is 2.52. The average Bonchev–Trinajstić information content (AvgIpc) is 2.44. The lowest BCUT2D eigenvalue weighted by molar-refractivity contribution is -0.141. The van der Waals surface area contributed by atoms with Gasteiger partial charge >= 0.3 is 5.97 Å². The number of fused-ring (bicyclic) bond motifs is 1. The number of rotatable bonds is 5. The van der Waals surface area contributed by atoms with Gasteiger partial charge in [0.1, 0.15) is 5.75 Å². The van der Waals surface area contributed by atoms with Crippen LogP contribution in [0.5, 0.6) is 5.75 Å². The van der Waals surface area contributed by atoms with E-state index in [1.807, 2.05) is 43.3 Å². The van der Waals surface area contributed by atoms with E-state index in [0.29, 0.717) is 12.8 Å². The van der Waals surface area contributed by atoms with Gasteiger partial charge in [0.2, 0.25) is 0 Å². The van der Waals surface area contributed by atoms with Crippen LogP contribution in [0, 0.1) is 5.92 Å². The van der Waals surface area contributed by atoms with Gasteiger partial charge in [0.05, 0.1) is 13.0 Å². The molecule has 0 bridgehead atoms. The van der Waals surface area contributed by atoms with Crippen molar-refractivity contribution in [1.29, 1.82) is 0 Å². The van der Waals surface area contributed by atoms with Crippen molar-refractivity contribution in [3.8, 4) is 5.75 Å². The first kappa shape index (κ1) is 13.4. The van der Waals surface area contributed by atoms with Crippen molar-refractivity contribution >= 4 is 16.7 Å². The molecule has 100 valence electrons. The summed E-state index contributed by atoms with van der Waals surface area (Å²) >= 11 is 0. The normalized spacial score (nSPS) is 12.3. The van der Waals surface area contributed by atoms with Crippen LogP contribution in [0.15, 0.2) is 36.4 Å². The number of carboxylic acids is 1. The van der Waals surface area contributed by atoms with Crippen molar-refractivity contribution < 1.29 is 14.6 Å². The third-order valence-corrected chi connectivity index (χ3v) is 3.51. The fourth-order valence-corrected chi connectivity index (χ4v) is 2.37. The molecule has 0 aliphatic carbocycles. The van der Waals surface area contributed by atoms with Crippen LogP contribution < -0.4 is 4.74 Å². The summed E-state index contributed by atoms with van der Waals surface area (Å²) in [6.45, 7) is 1.90. The predicted octanol–water partition coefficient (Wildman–Crippen LogP) is 3.50. The Morgan fingerprint density at radius 1 is 1.26 bits per heavy atom. The molecule has 2 rings (SSSR count). The highest BCUT2D eigenvalue weighted by molar-refractivity contribution is 5.88. The second kappa shape index (κ2) is 5.74. The van der Waals surface area contributed by atoms with Crippen LogP contribution in [0.2, 0.25) is 0 Å². The first-order valence-electron chi connectivity index (χ1n) is 6.44. The van der Waals surface area contributed by atoms with Crippen LogP contribution in [-0.4, -0.2) is 18.2 Å². The minimum Gasteiger partial charge on any atom is -0.496 e. The molecule has 0 heterocycles. The molecule has 0 spiro atoms. The van der Waals surface area contributed by atoms with E-state index in [4.69, 9.17) is 4.74 Å². The number of hydrogen-bond donors (Lipinski definition) is 1. The van der Waals surface area contributed by atoms with Gasteiger partial charge in [-0.2, -0.15) is 0 Å². The van der Waals surface area contributed by atoms with Crippen molar-refractivity contribution in [1.82, 2.24) is 0 Å². The van der Waals surface area contributed by atoms with Gasteiger partial charge in [0.25, 0.3) is 0 Å². The summed E-state index contributed by atoms with van der Waals surface area (Å²) in [6, 6.07) is 11.9. The Hall–Kier alpha value is -2.03. The maximum Gasteiger partial charge on any atom is 0.306 e. The molecule has 0 saturated carbocycles. The lowest BCUT2D eigenvalue weighted by atomic mass is 9.92. The van der Waals surface area contributed by atoms with Crippen LogP contribution in [0.4, 0.5) is 0 Å². The highest BCUT2D eigenvalue weighted by atomic mass is 16.5. The van der Waals surface area contributed by atoms with E-state index in [-0.39, 0.29) is 5.92 Å². The summed E-state index contributed by atoms with van der Waals surface area (Å²) < 4.78 is 5.39. The van der Waals surface area contributed by atoms with Gasteiger partial charge in [0, 0.05) is 5.56 Å². The Morgan fingerprint density at radius 2 is 2.00 bits per heavy atom. The fourth-order valence-electron chi connectivity index (χ4n) is 2.37. The van der Waals surface area contributed by atoms with Gasteiger partial charge in [-0.05, 0) is 29.7 Å². The first-order valence-corrected chi connectivity index (χ1v) is 6.44. The topological polar surface area (TPSA) is 46.5 Å². The number of aliphatic carboxylic acids is 1. The van der Waals surface area contributed by atoms with E-state index >= 15 is 0 Å².